The van der Waals surface area contributed by atoms with E-state index in [0.29, 0.717) is 18.5 Å². The van der Waals surface area contributed by atoms with Crippen molar-refractivity contribution in [1.82, 2.24) is 15.1 Å². The van der Waals surface area contributed by atoms with Crippen molar-refractivity contribution < 1.29 is 14.7 Å². The third-order valence-corrected chi connectivity index (χ3v) is 4.31. The first-order valence-electron chi connectivity index (χ1n) is 7.47. The standard InChI is InChI=1S/C14H25N3O3/c1-3-16(2)14(20)15-11-6-12(7-11)17(9-13(18)19)8-10-4-5-10/h10-12H,3-9H2,1-2H3,(H,15,20)(H,18,19). The van der Waals surface area contributed by atoms with Gasteiger partial charge >= 0.3 is 12.0 Å². The summed E-state index contributed by atoms with van der Waals surface area (Å²) in [6, 6.07) is 0.462. The molecule has 0 unspecified atom stereocenters. The van der Waals surface area contributed by atoms with Crippen LogP contribution in [0.25, 0.3) is 0 Å². The van der Waals surface area contributed by atoms with Crippen LogP contribution in [0, 0.1) is 5.92 Å². The molecular formula is C14H25N3O3. The Morgan fingerprint density at radius 3 is 2.45 bits per heavy atom. The van der Waals surface area contributed by atoms with Crippen molar-refractivity contribution in [2.24, 2.45) is 5.92 Å². The molecule has 20 heavy (non-hydrogen) atoms. The monoisotopic (exact) mass is 283 g/mol. The Labute approximate surface area is 120 Å². The van der Waals surface area contributed by atoms with Crippen molar-refractivity contribution in [2.45, 2.75) is 44.7 Å². The van der Waals surface area contributed by atoms with Crippen molar-refractivity contribution in [1.29, 1.82) is 0 Å². The lowest BCUT2D eigenvalue weighted by Gasteiger charge is -2.43. The van der Waals surface area contributed by atoms with E-state index in [1.807, 2.05) is 6.92 Å². The van der Waals surface area contributed by atoms with Crippen LogP contribution in [0.3, 0.4) is 0 Å². The van der Waals surface area contributed by atoms with Gasteiger partial charge in [-0.3, -0.25) is 9.69 Å². The molecule has 2 aliphatic carbocycles. The SMILES string of the molecule is CCN(C)C(=O)NC1CC(N(CC(=O)O)CC2CC2)C1. The second-order valence-corrected chi connectivity index (χ2v) is 6.05. The molecule has 0 aromatic rings. The molecule has 2 fully saturated rings. The number of urea groups is 1. The highest BCUT2D eigenvalue weighted by Gasteiger charge is 2.37. The molecule has 0 bridgehead atoms. The van der Waals surface area contributed by atoms with Crippen molar-refractivity contribution in [3.8, 4) is 0 Å². The fourth-order valence-corrected chi connectivity index (χ4v) is 2.58. The van der Waals surface area contributed by atoms with Crippen molar-refractivity contribution in [3.63, 3.8) is 0 Å². The number of hydrogen-bond donors (Lipinski definition) is 2. The number of nitrogens with one attached hydrogen (secondary N) is 1. The summed E-state index contributed by atoms with van der Waals surface area (Å²) >= 11 is 0. The summed E-state index contributed by atoms with van der Waals surface area (Å²) in [5, 5.41) is 12.0. The van der Waals surface area contributed by atoms with Gasteiger partial charge in [0.05, 0.1) is 6.54 Å². The molecule has 6 heteroatoms. The Bertz CT molecular complexity index is 365. The smallest absolute Gasteiger partial charge is 0.317 e. The molecular weight excluding hydrogens is 258 g/mol. The average Bonchev–Trinajstić information content (AvgIpc) is 3.14. The molecule has 0 aromatic carbocycles. The van der Waals surface area contributed by atoms with Crippen LogP contribution in [0.15, 0.2) is 0 Å². The molecule has 6 nitrogen and oxygen atoms in total. The van der Waals surface area contributed by atoms with Gasteiger partial charge < -0.3 is 15.3 Å². The third-order valence-electron chi connectivity index (χ3n) is 4.31. The minimum Gasteiger partial charge on any atom is -0.480 e. The second-order valence-electron chi connectivity index (χ2n) is 6.05. The van der Waals surface area contributed by atoms with Gasteiger partial charge in [-0.1, -0.05) is 0 Å². The fourth-order valence-electron chi connectivity index (χ4n) is 2.58. The fraction of sp³-hybridized carbons (Fsp3) is 0.857. The molecule has 0 aliphatic heterocycles. The zero-order valence-corrected chi connectivity index (χ0v) is 12.3. The first-order chi connectivity index (χ1) is 9.49. The van der Waals surface area contributed by atoms with Gasteiger partial charge in [-0.2, -0.15) is 0 Å². The van der Waals surface area contributed by atoms with Crippen LogP contribution in [-0.2, 0) is 4.79 Å². The van der Waals surface area contributed by atoms with E-state index in [9.17, 15) is 9.59 Å². The highest BCUT2D eigenvalue weighted by molar-refractivity contribution is 5.74. The predicted molar refractivity (Wildman–Crippen MR) is 75.6 cm³/mol. The minimum absolute atomic E-state index is 0.0390. The average molecular weight is 283 g/mol. The number of amides is 2. The van der Waals surface area contributed by atoms with Gasteiger partial charge in [-0.25, -0.2) is 4.79 Å². The molecule has 0 atom stereocenters. The number of carboxylic acids is 1. The molecule has 2 rings (SSSR count). The number of hydrogen-bond acceptors (Lipinski definition) is 3. The number of nitrogens with zero attached hydrogens (tertiary/aromatic N) is 2. The highest BCUT2D eigenvalue weighted by atomic mass is 16.4. The van der Waals surface area contributed by atoms with Crippen molar-refractivity contribution in [2.75, 3.05) is 26.7 Å². The second kappa shape index (κ2) is 6.43. The van der Waals surface area contributed by atoms with Crippen LogP contribution >= 0.6 is 0 Å². The molecule has 0 heterocycles. The zero-order valence-electron chi connectivity index (χ0n) is 12.3. The molecule has 2 saturated carbocycles. The van der Waals surface area contributed by atoms with Gasteiger partial charge in [0.2, 0.25) is 0 Å². The Hall–Kier alpha value is -1.30. The maximum absolute atomic E-state index is 11.7. The number of rotatable bonds is 7. The van der Waals surface area contributed by atoms with Gasteiger partial charge in [-0.15, -0.1) is 0 Å². The van der Waals surface area contributed by atoms with E-state index in [4.69, 9.17) is 5.11 Å². The van der Waals surface area contributed by atoms with Crippen LogP contribution in [0.2, 0.25) is 0 Å². The molecule has 0 spiro atoms. The topological polar surface area (TPSA) is 72.9 Å². The Morgan fingerprint density at radius 2 is 1.95 bits per heavy atom. The lowest BCUT2D eigenvalue weighted by atomic mass is 9.85. The molecule has 2 amide bonds. The van der Waals surface area contributed by atoms with Crippen LogP contribution in [-0.4, -0.2) is 65.7 Å². The molecule has 0 radical (unpaired) electrons. The van der Waals surface area contributed by atoms with E-state index < -0.39 is 5.97 Å². The summed E-state index contributed by atoms with van der Waals surface area (Å²) in [6.45, 7) is 3.64. The lowest BCUT2D eigenvalue weighted by Crippen LogP contribution is -2.56. The lowest BCUT2D eigenvalue weighted by molar-refractivity contribution is -0.139. The number of carbonyl (C=O) groups is 2. The van der Waals surface area contributed by atoms with Crippen LogP contribution < -0.4 is 5.32 Å². The summed E-state index contributed by atoms with van der Waals surface area (Å²) in [6.07, 6.45) is 4.18. The Morgan fingerprint density at radius 1 is 1.30 bits per heavy atom. The van der Waals surface area contributed by atoms with Crippen molar-refractivity contribution in [3.05, 3.63) is 0 Å². The van der Waals surface area contributed by atoms with Crippen LogP contribution in [0.5, 0.6) is 0 Å². The van der Waals surface area contributed by atoms with Gasteiger partial charge in [-0.05, 0) is 38.5 Å². The molecule has 2 aliphatic rings. The van der Waals surface area contributed by atoms with E-state index in [1.165, 1.54) is 12.8 Å². The summed E-state index contributed by atoms with van der Waals surface area (Å²) in [4.78, 5) is 26.4. The number of aliphatic carboxylic acids is 1. The number of carboxylic acid groups (broad SMARTS) is 1. The molecule has 114 valence electrons. The predicted octanol–water partition coefficient (Wildman–Crippen LogP) is 0.975. The van der Waals surface area contributed by atoms with E-state index in [-0.39, 0.29) is 18.6 Å². The third kappa shape index (κ3) is 4.10. The van der Waals surface area contributed by atoms with E-state index in [2.05, 4.69) is 10.2 Å². The molecule has 2 N–H and O–H groups in total. The molecule has 0 saturated heterocycles. The first-order valence-corrected chi connectivity index (χ1v) is 7.47. The van der Waals surface area contributed by atoms with E-state index >= 15 is 0 Å². The minimum atomic E-state index is -0.760. The highest BCUT2D eigenvalue weighted by Crippen LogP contribution is 2.33. The maximum Gasteiger partial charge on any atom is 0.317 e. The van der Waals surface area contributed by atoms with Crippen molar-refractivity contribution >= 4 is 12.0 Å². The largest absolute Gasteiger partial charge is 0.480 e. The molecule has 0 aromatic heterocycles. The van der Waals surface area contributed by atoms with Gasteiger partial charge in [0.25, 0.3) is 0 Å². The first kappa shape index (κ1) is 15.1. The van der Waals surface area contributed by atoms with Gasteiger partial charge in [0.1, 0.15) is 0 Å². The summed E-state index contributed by atoms with van der Waals surface area (Å²) in [5.74, 6) is -0.0712. The Balaban J connectivity index is 1.74. The zero-order chi connectivity index (χ0) is 14.7. The normalized spacial score (nSPS) is 25.1. The van der Waals surface area contributed by atoms with E-state index in [0.717, 1.165) is 19.4 Å². The van der Waals surface area contributed by atoms with Crippen LogP contribution in [0.4, 0.5) is 4.79 Å². The van der Waals surface area contributed by atoms with Crippen LogP contribution in [0.1, 0.15) is 32.6 Å². The summed E-state index contributed by atoms with van der Waals surface area (Å²) in [5.41, 5.74) is 0. The summed E-state index contributed by atoms with van der Waals surface area (Å²) in [7, 11) is 1.77. The quantitative estimate of drug-likeness (QED) is 0.730. The number of carbonyl (C=O) groups excluding carboxylic acids is 1. The van der Waals surface area contributed by atoms with Gasteiger partial charge in [0.15, 0.2) is 0 Å². The van der Waals surface area contributed by atoms with Gasteiger partial charge in [0, 0.05) is 32.2 Å². The Kier molecular flexibility index (Phi) is 4.86. The van der Waals surface area contributed by atoms with E-state index in [1.54, 1.807) is 11.9 Å². The maximum atomic E-state index is 11.7. The summed E-state index contributed by atoms with van der Waals surface area (Å²) < 4.78 is 0.